The summed E-state index contributed by atoms with van der Waals surface area (Å²) in [5, 5.41) is 13.4. The molecule has 3 heterocycles. The number of benzene rings is 1. The first-order chi connectivity index (χ1) is 15.3. The topological polar surface area (TPSA) is 91.4 Å². The molecular weight excluding hydrogens is 412 g/mol. The highest BCUT2D eigenvalue weighted by Gasteiger charge is 2.10. The Bertz CT molecular complexity index is 958. The fourth-order valence-electron chi connectivity index (χ4n) is 3.24. The number of aromatic nitrogens is 2. The molecule has 1 amide bonds. The maximum Gasteiger partial charge on any atom is 0.238 e. The number of hydrogen-bond donors (Lipinski definition) is 3. The molecule has 1 aliphatic heterocycles. The predicted octanol–water partition coefficient (Wildman–Crippen LogP) is 2.81. The number of nitrogens with zero attached hydrogens (tertiary/aromatic N) is 3. The van der Waals surface area contributed by atoms with Crippen molar-refractivity contribution < 1.29 is 9.53 Å². The maximum atomic E-state index is 12.2. The number of ether oxygens (including phenoxy) is 1. The van der Waals surface area contributed by atoms with E-state index >= 15 is 0 Å². The highest BCUT2D eigenvalue weighted by molar-refractivity contribution is 7.08. The molecule has 162 valence electrons. The second-order valence-corrected chi connectivity index (χ2v) is 7.97. The molecule has 0 aliphatic carbocycles. The summed E-state index contributed by atoms with van der Waals surface area (Å²) in [6.45, 7) is 5.44. The average Bonchev–Trinajstić information content (AvgIpc) is 3.33. The molecule has 0 atom stereocenters. The average molecular weight is 439 g/mol. The van der Waals surface area contributed by atoms with Crippen LogP contribution < -0.4 is 16.0 Å². The summed E-state index contributed by atoms with van der Waals surface area (Å²) >= 11 is 1.64. The third kappa shape index (κ3) is 6.56. The molecule has 1 fully saturated rings. The van der Waals surface area contributed by atoms with Gasteiger partial charge in [-0.1, -0.05) is 6.07 Å². The minimum absolute atomic E-state index is 0.0736. The number of carbonyl (C=O) groups excluding carboxylic acids is 1. The van der Waals surface area contributed by atoms with Gasteiger partial charge in [0, 0.05) is 55.5 Å². The SMILES string of the molecule is O=C(CNCCN1CCOCC1)Nc1cccc(Nc2ncc(-c3ccsc3)cn2)c1. The van der Waals surface area contributed by atoms with Crippen LogP contribution in [0.5, 0.6) is 0 Å². The van der Waals surface area contributed by atoms with Crippen molar-refractivity contribution in [3.63, 3.8) is 0 Å². The Labute approximate surface area is 185 Å². The van der Waals surface area contributed by atoms with Gasteiger partial charge in [0.2, 0.25) is 11.9 Å². The molecule has 2 aromatic heterocycles. The molecule has 0 radical (unpaired) electrons. The van der Waals surface area contributed by atoms with E-state index in [0.717, 1.165) is 61.9 Å². The van der Waals surface area contributed by atoms with Gasteiger partial charge in [0.1, 0.15) is 0 Å². The lowest BCUT2D eigenvalue weighted by molar-refractivity contribution is -0.115. The summed E-state index contributed by atoms with van der Waals surface area (Å²) in [5.74, 6) is 0.433. The van der Waals surface area contributed by atoms with Crippen LogP contribution in [0.2, 0.25) is 0 Å². The molecular formula is C22H26N6O2S. The number of carbonyl (C=O) groups is 1. The standard InChI is InChI=1S/C22H26N6O2S/c29-21(15-23-5-6-28-7-9-30-10-8-28)26-19-2-1-3-20(12-19)27-22-24-13-18(14-25-22)17-4-11-31-16-17/h1-4,11-14,16,23H,5-10,15H2,(H,26,29)(H,24,25,27). The second kappa shape index (κ2) is 11.0. The van der Waals surface area contributed by atoms with Crippen LogP contribution in [0.25, 0.3) is 11.1 Å². The molecule has 0 spiro atoms. The van der Waals surface area contributed by atoms with Crippen LogP contribution in [-0.4, -0.2) is 66.7 Å². The van der Waals surface area contributed by atoms with Crippen molar-refractivity contribution in [1.29, 1.82) is 0 Å². The molecule has 1 aromatic carbocycles. The van der Waals surface area contributed by atoms with Crippen molar-refractivity contribution in [1.82, 2.24) is 20.2 Å². The van der Waals surface area contributed by atoms with Crippen LogP contribution in [0, 0.1) is 0 Å². The minimum Gasteiger partial charge on any atom is -0.379 e. The van der Waals surface area contributed by atoms with Crippen LogP contribution in [-0.2, 0) is 9.53 Å². The van der Waals surface area contributed by atoms with Crippen molar-refractivity contribution in [2.24, 2.45) is 0 Å². The summed E-state index contributed by atoms with van der Waals surface area (Å²) in [7, 11) is 0. The molecule has 8 nitrogen and oxygen atoms in total. The van der Waals surface area contributed by atoms with E-state index < -0.39 is 0 Å². The van der Waals surface area contributed by atoms with Gasteiger partial charge < -0.3 is 20.7 Å². The van der Waals surface area contributed by atoms with Crippen molar-refractivity contribution in [3.8, 4) is 11.1 Å². The van der Waals surface area contributed by atoms with Gasteiger partial charge in [-0.15, -0.1) is 0 Å². The number of hydrogen-bond acceptors (Lipinski definition) is 8. The summed E-state index contributed by atoms with van der Waals surface area (Å²) < 4.78 is 5.34. The zero-order chi connectivity index (χ0) is 21.3. The van der Waals surface area contributed by atoms with Crippen molar-refractivity contribution in [2.75, 3.05) is 56.6 Å². The highest BCUT2D eigenvalue weighted by atomic mass is 32.1. The molecule has 9 heteroatoms. The van der Waals surface area contributed by atoms with E-state index in [1.807, 2.05) is 35.7 Å². The van der Waals surface area contributed by atoms with Gasteiger partial charge in [0.15, 0.2) is 0 Å². The van der Waals surface area contributed by atoms with E-state index in [-0.39, 0.29) is 12.5 Å². The molecule has 1 saturated heterocycles. The van der Waals surface area contributed by atoms with E-state index in [9.17, 15) is 4.79 Å². The largest absolute Gasteiger partial charge is 0.379 e. The lowest BCUT2D eigenvalue weighted by atomic mass is 10.2. The third-order valence-corrected chi connectivity index (χ3v) is 5.59. The van der Waals surface area contributed by atoms with Gasteiger partial charge >= 0.3 is 0 Å². The number of nitrogens with one attached hydrogen (secondary N) is 3. The maximum absolute atomic E-state index is 12.2. The molecule has 31 heavy (non-hydrogen) atoms. The number of amides is 1. The molecule has 3 N–H and O–H groups in total. The third-order valence-electron chi connectivity index (χ3n) is 4.90. The van der Waals surface area contributed by atoms with Crippen molar-refractivity contribution in [3.05, 3.63) is 53.5 Å². The van der Waals surface area contributed by atoms with E-state index in [1.54, 1.807) is 23.7 Å². The number of anilines is 3. The van der Waals surface area contributed by atoms with Gasteiger partial charge in [-0.25, -0.2) is 9.97 Å². The highest BCUT2D eigenvalue weighted by Crippen LogP contribution is 2.22. The normalized spacial score (nSPS) is 14.3. The zero-order valence-electron chi connectivity index (χ0n) is 17.2. The van der Waals surface area contributed by atoms with Crippen LogP contribution in [0.15, 0.2) is 53.5 Å². The molecule has 4 rings (SSSR count). The fraction of sp³-hybridized carbons (Fsp3) is 0.318. The van der Waals surface area contributed by atoms with Gasteiger partial charge in [-0.3, -0.25) is 9.69 Å². The molecule has 3 aromatic rings. The van der Waals surface area contributed by atoms with E-state index in [1.165, 1.54) is 0 Å². The van der Waals surface area contributed by atoms with E-state index in [4.69, 9.17) is 4.74 Å². The Morgan fingerprint density at radius 2 is 1.90 bits per heavy atom. The van der Waals surface area contributed by atoms with Gasteiger partial charge in [-0.05, 0) is 40.6 Å². The molecule has 0 bridgehead atoms. The quantitative estimate of drug-likeness (QED) is 0.443. The number of morpholine rings is 1. The van der Waals surface area contributed by atoms with Gasteiger partial charge in [0.25, 0.3) is 0 Å². The Morgan fingerprint density at radius 1 is 1.10 bits per heavy atom. The monoisotopic (exact) mass is 438 g/mol. The summed E-state index contributed by atoms with van der Waals surface area (Å²) in [4.78, 5) is 23.3. The first-order valence-corrected chi connectivity index (χ1v) is 11.2. The predicted molar refractivity (Wildman–Crippen MR) is 124 cm³/mol. The molecule has 0 unspecified atom stereocenters. The smallest absolute Gasteiger partial charge is 0.238 e. The Morgan fingerprint density at radius 3 is 2.68 bits per heavy atom. The number of rotatable bonds is 9. The summed E-state index contributed by atoms with van der Waals surface area (Å²) in [6.07, 6.45) is 3.59. The van der Waals surface area contributed by atoms with Crippen LogP contribution in [0.4, 0.5) is 17.3 Å². The lowest BCUT2D eigenvalue weighted by Crippen LogP contribution is -2.41. The van der Waals surface area contributed by atoms with E-state index in [0.29, 0.717) is 5.95 Å². The van der Waals surface area contributed by atoms with E-state index in [2.05, 4.69) is 36.2 Å². The van der Waals surface area contributed by atoms with Gasteiger partial charge in [-0.2, -0.15) is 11.3 Å². The van der Waals surface area contributed by atoms with Crippen LogP contribution in [0.3, 0.4) is 0 Å². The van der Waals surface area contributed by atoms with Crippen LogP contribution in [0.1, 0.15) is 0 Å². The Kier molecular flexibility index (Phi) is 7.56. The fourth-order valence-corrected chi connectivity index (χ4v) is 3.91. The second-order valence-electron chi connectivity index (χ2n) is 7.19. The van der Waals surface area contributed by atoms with Crippen molar-refractivity contribution in [2.45, 2.75) is 0 Å². The van der Waals surface area contributed by atoms with Crippen LogP contribution >= 0.6 is 11.3 Å². The summed E-state index contributed by atoms with van der Waals surface area (Å²) in [6, 6.07) is 9.55. The lowest BCUT2D eigenvalue weighted by Gasteiger charge is -2.26. The summed E-state index contributed by atoms with van der Waals surface area (Å²) in [5.41, 5.74) is 3.62. The van der Waals surface area contributed by atoms with Crippen molar-refractivity contribution >= 4 is 34.6 Å². The van der Waals surface area contributed by atoms with Gasteiger partial charge in [0.05, 0.1) is 19.8 Å². The Balaban J connectivity index is 1.23. The minimum atomic E-state index is -0.0736. The molecule has 0 saturated carbocycles. The molecule has 1 aliphatic rings. The first kappa shape index (κ1) is 21.4. The number of thiophene rings is 1. The zero-order valence-corrected chi connectivity index (χ0v) is 18.0. The Hall–Kier alpha value is -2.85. The first-order valence-electron chi connectivity index (χ1n) is 10.3.